The Bertz CT molecular complexity index is 791. The first-order chi connectivity index (χ1) is 12.1. The fourth-order valence-corrected chi connectivity index (χ4v) is 5.17. The molecule has 2 aromatic rings. The van der Waals surface area contributed by atoms with E-state index in [-0.39, 0.29) is 48.0 Å². The minimum Gasteiger partial charge on any atom is -0.342 e. The number of hydrogen-bond acceptors (Lipinski definition) is 4. The van der Waals surface area contributed by atoms with Crippen LogP contribution in [0.2, 0.25) is 0 Å². The van der Waals surface area contributed by atoms with Gasteiger partial charge in [0.2, 0.25) is 5.91 Å². The minimum atomic E-state index is 0. The predicted octanol–water partition coefficient (Wildman–Crippen LogP) is 4.39. The van der Waals surface area contributed by atoms with Gasteiger partial charge in [-0.05, 0) is 43.4 Å². The Hall–Kier alpha value is -1.14. The fourth-order valence-electron chi connectivity index (χ4n) is 4.02. The van der Waals surface area contributed by atoms with Crippen LogP contribution in [0.4, 0.5) is 0 Å². The van der Waals surface area contributed by atoms with Crippen molar-refractivity contribution in [1.29, 1.82) is 0 Å². The number of allylic oxidation sites excluding steroid dienone is 2. The summed E-state index contributed by atoms with van der Waals surface area (Å²) >= 11 is 1.74. The van der Waals surface area contributed by atoms with Crippen LogP contribution < -0.4 is 5.73 Å². The molecule has 2 heterocycles. The van der Waals surface area contributed by atoms with Gasteiger partial charge in [0.05, 0.1) is 21.1 Å². The summed E-state index contributed by atoms with van der Waals surface area (Å²) in [6.45, 7) is 4.45. The number of fused-ring (bicyclic) bond motifs is 1. The molecular formula is C20H27Cl2N3OS. The summed E-state index contributed by atoms with van der Waals surface area (Å²) in [5, 5.41) is 1.10. The Balaban J connectivity index is 0.00000131. The zero-order valence-electron chi connectivity index (χ0n) is 15.5. The molecule has 4 rings (SSSR count). The topological polar surface area (TPSA) is 59.2 Å². The second kappa shape index (κ2) is 8.91. The van der Waals surface area contributed by atoms with Crippen molar-refractivity contribution in [2.24, 2.45) is 17.1 Å². The average molecular weight is 428 g/mol. The number of rotatable bonds is 3. The lowest BCUT2D eigenvalue weighted by molar-refractivity contribution is -0.135. The van der Waals surface area contributed by atoms with E-state index in [1.54, 1.807) is 11.3 Å². The van der Waals surface area contributed by atoms with Crippen LogP contribution in [0, 0.1) is 11.3 Å². The molecule has 0 bridgehead atoms. The molecule has 1 amide bonds. The molecule has 1 saturated heterocycles. The number of halogens is 2. The summed E-state index contributed by atoms with van der Waals surface area (Å²) in [5.41, 5.74) is 7.03. The molecule has 3 atom stereocenters. The van der Waals surface area contributed by atoms with Crippen molar-refractivity contribution in [1.82, 2.24) is 9.88 Å². The Morgan fingerprint density at radius 2 is 2.04 bits per heavy atom. The van der Waals surface area contributed by atoms with Crippen molar-refractivity contribution in [2.45, 2.75) is 32.1 Å². The van der Waals surface area contributed by atoms with E-state index in [9.17, 15) is 4.79 Å². The zero-order chi connectivity index (χ0) is 17.4. The highest BCUT2D eigenvalue weighted by Gasteiger charge is 2.40. The first-order valence-corrected chi connectivity index (χ1v) is 9.91. The van der Waals surface area contributed by atoms with Gasteiger partial charge in [-0.2, -0.15) is 0 Å². The molecule has 4 nitrogen and oxygen atoms in total. The molecule has 27 heavy (non-hydrogen) atoms. The molecule has 1 aromatic carbocycles. The lowest BCUT2D eigenvalue weighted by Crippen LogP contribution is -2.40. The molecular weight excluding hydrogens is 401 g/mol. The quantitative estimate of drug-likeness (QED) is 0.738. The van der Waals surface area contributed by atoms with Gasteiger partial charge in [-0.3, -0.25) is 4.79 Å². The number of nitrogens with zero attached hydrogens (tertiary/aromatic N) is 2. The van der Waals surface area contributed by atoms with Crippen molar-refractivity contribution in [2.75, 3.05) is 19.6 Å². The molecule has 0 radical (unpaired) electrons. The van der Waals surface area contributed by atoms with Gasteiger partial charge in [-0.25, -0.2) is 4.98 Å². The van der Waals surface area contributed by atoms with E-state index in [1.807, 2.05) is 17.0 Å². The van der Waals surface area contributed by atoms with Crippen molar-refractivity contribution in [3.8, 4) is 0 Å². The molecule has 148 valence electrons. The third-order valence-corrected chi connectivity index (χ3v) is 6.91. The molecule has 1 aliphatic carbocycles. The summed E-state index contributed by atoms with van der Waals surface area (Å²) in [6.07, 6.45) is 7.08. The Kier molecular flexibility index (Phi) is 7.31. The van der Waals surface area contributed by atoms with Gasteiger partial charge in [0.25, 0.3) is 0 Å². The maximum Gasteiger partial charge on any atom is 0.226 e. The summed E-state index contributed by atoms with van der Waals surface area (Å²) < 4.78 is 1.20. The van der Waals surface area contributed by atoms with Crippen molar-refractivity contribution < 1.29 is 4.79 Å². The smallest absolute Gasteiger partial charge is 0.226 e. The average Bonchev–Trinajstić information content (AvgIpc) is 3.25. The molecule has 0 spiro atoms. The van der Waals surface area contributed by atoms with Crippen LogP contribution in [0.3, 0.4) is 0 Å². The largest absolute Gasteiger partial charge is 0.342 e. The fraction of sp³-hybridized carbons (Fsp3) is 0.500. The van der Waals surface area contributed by atoms with Crippen molar-refractivity contribution in [3.05, 3.63) is 41.4 Å². The first kappa shape index (κ1) is 22.2. The summed E-state index contributed by atoms with van der Waals surface area (Å²) in [5.74, 6) is 0.483. The number of amides is 1. The highest BCUT2D eigenvalue weighted by molar-refractivity contribution is 7.18. The van der Waals surface area contributed by atoms with Gasteiger partial charge in [0, 0.05) is 19.0 Å². The Morgan fingerprint density at radius 3 is 2.74 bits per heavy atom. The van der Waals surface area contributed by atoms with E-state index in [4.69, 9.17) is 10.7 Å². The van der Waals surface area contributed by atoms with E-state index < -0.39 is 0 Å². The van der Waals surface area contributed by atoms with Crippen LogP contribution in [-0.4, -0.2) is 35.4 Å². The van der Waals surface area contributed by atoms with E-state index >= 15 is 0 Å². The second-order valence-corrected chi connectivity index (χ2v) is 8.76. The van der Waals surface area contributed by atoms with E-state index in [2.05, 4.69) is 31.2 Å². The number of carbonyl (C=O) groups is 1. The maximum absolute atomic E-state index is 13.2. The van der Waals surface area contributed by atoms with Crippen LogP contribution in [0.25, 0.3) is 10.2 Å². The van der Waals surface area contributed by atoms with Gasteiger partial charge >= 0.3 is 0 Å². The molecule has 1 aliphatic heterocycles. The number of likely N-dealkylation sites (tertiary alicyclic amines) is 1. The summed E-state index contributed by atoms with van der Waals surface area (Å²) in [6, 6.07) is 8.23. The number of carbonyl (C=O) groups excluding carboxylic acids is 1. The number of para-hydroxylation sites is 1. The molecule has 3 unspecified atom stereocenters. The molecule has 1 aromatic heterocycles. The molecule has 2 aliphatic rings. The number of hydrogen-bond donors (Lipinski definition) is 1. The minimum absolute atomic E-state index is 0. The molecule has 0 saturated carbocycles. The first-order valence-electron chi connectivity index (χ1n) is 9.09. The van der Waals surface area contributed by atoms with Crippen LogP contribution in [0.1, 0.15) is 37.1 Å². The van der Waals surface area contributed by atoms with E-state index in [0.717, 1.165) is 42.9 Å². The van der Waals surface area contributed by atoms with Gasteiger partial charge in [0.15, 0.2) is 0 Å². The summed E-state index contributed by atoms with van der Waals surface area (Å²) in [7, 11) is 0. The lowest BCUT2D eigenvalue weighted by atomic mass is 9.82. The predicted molar refractivity (Wildman–Crippen MR) is 117 cm³/mol. The normalized spacial score (nSPS) is 27.3. The van der Waals surface area contributed by atoms with Gasteiger partial charge in [0.1, 0.15) is 0 Å². The van der Waals surface area contributed by atoms with E-state index in [1.165, 1.54) is 4.70 Å². The lowest BCUT2D eigenvalue weighted by Gasteiger charge is -2.31. The maximum atomic E-state index is 13.2. The summed E-state index contributed by atoms with van der Waals surface area (Å²) in [4.78, 5) is 20.1. The second-order valence-electron chi connectivity index (χ2n) is 7.70. The third kappa shape index (κ3) is 4.32. The monoisotopic (exact) mass is 427 g/mol. The standard InChI is InChI=1S/C20H25N3OS.2ClH/c1-20(12-21)10-11-23(13-20)19(24)15-7-3-2-6-14(15)18-22-16-8-4-5-9-17(16)25-18;;/h2-5,8-9,14-15H,6-7,10-13,21H2,1H3;2*1H. The van der Waals surface area contributed by atoms with E-state index in [0.29, 0.717) is 6.54 Å². The number of nitrogens with two attached hydrogens (primary N) is 1. The van der Waals surface area contributed by atoms with Crippen LogP contribution >= 0.6 is 36.2 Å². The highest BCUT2D eigenvalue weighted by atomic mass is 35.5. The van der Waals surface area contributed by atoms with Crippen molar-refractivity contribution >= 4 is 52.3 Å². The number of aromatic nitrogens is 1. The molecule has 1 fully saturated rings. The van der Waals surface area contributed by atoms with Gasteiger partial charge < -0.3 is 10.6 Å². The van der Waals surface area contributed by atoms with Gasteiger partial charge in [-0.15, -0.1) is 36.2 Å². The van der Waals surface area contributed by atoms with Crippen molar-refractivity contribution in [3.63, 3.8) is 0 Å². The third-order valence-electron chi connectivity index (χ3n) is 5.74. The highest BCUT2D eigenvalue weighted by Crippen LogP contribution is 2.40. The Labute approximate surface area is 177 Å². The zero-order valence-corrected chi connectivity index (χ0v) is 17.9. The number of benzene rings is 1. The van der Waals surface area contributed by atoms with Crippen LogP contribution in [0.5, 0.6) is 0 Å². The number of thiazole rings is 1. The molecule has 7 heteroatoms. The molecule has 2 N–H and O–H groups in total. The SMILES string of the molecule is CC1(CN)CCN(C(=O)C2CC=CCC2c2nc3ccccc3s2)C1.Cl.Cl. The van der Waals surface area contributed by atoms with Gasteiger partial charge in [-0.1, -0.05) is 31.2 Å². The van der Waals surface area contributed by atoms with Crippen LogP contribution in [0.15, 0.2) is 36.4 Å². The van der Waals surface area contributed by atoms with Crippen LogP contribution in [-0.2, 0) is 4.79 Å². The Morgan fingerprint density at radius 1 is 1.30 bits per heavy atom.